The summed E-state index contributed by atoms with van der Waals surface area (Å²) >= 11 is 1.27. The third-order valence-corrected chi connectivity index (χ3v) is 6.63. The van der Waals surface area contributed by atoms with Gasteiger partial charge in [-0.25, -0.2) is 4.68 Å². The van der Waals surface area contributed by atoms with Gasteiger partial charge in [-0.2, -0.15) is 0 Å². The summed E-state index contributed by atoms with van der Waals surface area (Å²) in [7, 11) is 0. The Hall–Kier alpha value is -3.00. The molecule has 0 unspecified atom stereocenters. The number of thioether (sulfide) groups is 1. The molecule has 0 bridgehead atoms. The number of nitrogens with zero attached hydrogens (tertiary/aromatic N) is 3. The third kappa shape index (κ3) is 4.85. The van der Waals surface area contributed by atoms with Crippen LogP contribution in [0.1, 0.15) is 35.4 Å². The highest BCUT2D eigenvalue weighted by molar-refractivity contribution is 7.99. The van der Waals surface area contributed by atoms with E-state index in [9.17, 15) is 4.79 Å². The molecule has 31 heavy (non-hydrogen) atoms. The van der Waals surface area contributed by atoms with E-state index >= 15 is 0 Å². The number of nitrogens with one attached hydrogen (secondary N) is 1. The molecule has 1 aliphatic carbocycles. The first-order valence-electron chi connectivity index (χ1n) is 10.3. The van der Waals surface area contributed by atoms with Crippen molar-refractivity contribution in [2.45, 2.75) is 43.9 Å². The lowest BCUT2D eigenvalue weighted by Gasteiger charge is -2.16. The van der Waals surface area contributed by atoms with Gasteiger partial charge in [0.2, 0.25) is 11.1 Å². The van der Waals surface area contributed by atoms with Gasteiger partial charge in [-0.15, -0.1) is 10.2 Å². The van der Waals surface area contributed by atoms with Gasteiger partial charge in [-0.3, -0.25) is 4.79 Å². The van der Waals surface area contributed by atoms with Crippen LogP contribution in [0.3, 0.4) is 0 Å². The molecule has 8 heteroatoms. The van der Waals surface area contributed by atoms with E-state index in [0.29, 0.717) is 17.5 Å². The Bertz CT molecular complexity index is 1040. The van der Waals surface area contributed by atoms with Crippen molar-refractivity contribution in [1.82, 2.24) is 20.2 Å². The van der Waals surface area contributed by atoms with E-state index in [4.69, 9.17) is 10.6 Å². The number of aromatic nitrogens is 3. The molecular weight excluding hydrogens is 410 g/mol. The van der Waals surface area contributed by atoms with Crippen LogP contribution in [0.5, 0.6) is 5.75 Å². The van der Waals surface area contributed by atoms with Crippen LogP contribution in [0, 0.1) is 13.8 Å². The number of amides is 1. The number of aryl methyl sites for hydroxylation is 2. The minimum absolute atomic E-state index is 0.0384. The summed E-state index contributed by atoms with van der Waals surface area (Å²) in [5.74, 6) is 7.65. The van der Waals surface area contributed by atoms with E-state index in [1.807, 2.05) is 50.2 Å². The zero-order chi connectivity index (χ0) is 21.8. The highest BCUT2D eigenvalue weighted by Gasteiger charge is 2.44. The number of rotatable bonds is 9. The number of hydrogen-bond donors (Lipinski definition) is 2. The average Bonchev–Trinajstić information content (AvgIpc) is 3.49. The average molecular weight is 438 g/mol. The Kier molecular flexibility index (Phi) is 6.18. The van der Waals surface area contributed by atoms with Crippen molar-refractivity contribution in [3.05, 3.63) is 71.0 Å². The minimum atomic E-state index is -0.0384. The quantitative estimate of drug-likeness (QED) is 0.394. The van der Waals surface area contributed by atoms with E-state index in [-0.39, 0.29) is 23.7 Å². The van der Waals surface area contributed by atoms with Gasteiger partial charge in [0, 0.05) is 12.0 Å². The lowest BCUT2D eigenvalue weighted by Crippen LogP contribution is -2.33. The molecule has 1 saturated carbocycles. The smallest absolute Gasteiger partial charge is 0.230 e. The first kappa shape index (κ1) is 21.2. The van der Waals surface area contributed by atoms with Crippen molar-refractivity contribution < 1.29 is 9.53 Å². The lowest BCUT2D eigenvalue weighted by atomic mass is 9.96. The lowest BCUT2D eigenvalue weighted by molar-refractivity contribution is -0.118. The summed E-state index contributed by atoms with van der Waals surface area (Å²) in [5, 5.41) is 11.8. The molecule has 1 aliphatic rings. The maximum Gasteiger partial charge on any atom is 0.230 e. The second-order valence-corrected chi connectivity index (χ2v) is 8.93. The molecule has 4 rings (SSSR count). The molecular formula is C23H27N5O2S. The van der Waals surface area contributed by atoms with Gasteiger partial charge in [0.15, 0.2) is 5.82 Å². The largest absolute Gasteiger partial charge is 0.485 e. The van der Waals surface area contributed by atoms with Crippen molar-refractivity contribution in [2.75, 3.05) is 18.1 Å². The SMILES string of the molecule is Cc1cccc(C)c1OCc1nnc(SCC(=O)NCC2(c3ccccc3)CC2)n1N. The summed E-state index contributed by atoms with van der Waals surface area (Å²) < 4.78 is 7.29. The Morgan fingerprint density at radius 1 is 1.13 bits per heavy atom. The fourth-order valence-electron chi connectivity index (χ4n) is 3.63. The van der Waals surface area contributed by atoms with Crippen LogP contribution < -0.4 is 15.9 Å². The predicted octanol–water partition coefficient (Wildman–Crippen LogP) is 3.13. The molecule has 0 aliphatic heterocycles. The summed E-state index contributed by atoms with van der Waals surface area (Å²) in [5.41, 5.74) is 3.49. The summed E-state index contributed by atoms with van der Waals surface area (Å²) in [6.07, 6.45) is 2.20. The fraction of sp³-hybridized carbons (Fsp3) is 0.348. The molecule has 1 fully saturated rings. The second kappa shape index (κ2) is 9.01. The van der Waals surface area contributed by atoms with Crippen LogP contribution in [0.2, 0.25) is 0 Å². The van der Waals surface area contributed by atoms with Gasteiger partial charge in [0.1, 0.15) is 12.4 Å². The number of nitrogens with two attached hydrogens (primary N) is 1. The molecule has 1 aromatic heterocycles. The van der Waals surface area contributed by atoms with Crippen LogP contribution in [0.4, 0.5) is 0 Å². The minimum Gasteiger partial charge on any atom is -0.485 e. The number of carbonyl (C=O) groups is 1. The fourth-order valence-corrected chi connectivity index (χ4v) is 4.33. The zero-order valence-corrected chi connectivity index (χ0v) is 18.6. The van der Waals surface area contributed by atoms with Crippen molar-refractivity contribution in [2.24, 2.45) is 0 Å². The highest BCUT2D eigenvalue weighted by Crippen LogP contribution is 2.47. The molecule has 162 valence electrons. The molecule has 1 amide bonds. The molecule has 0 saturated heterocycles. The van der Waals surface area contributed by atoms with Gasteiger partial charge in [0.05, 0.1) is 5.75 Å². The van der Waals surface area contributed by atoms with Crippen molar-refractivity contribution in [3.63, 3.8) is 0 Å². The molecule has 0 atom stereocenters. The monoisotopic (exact) mass is 437 g/mol. The van der Waals surface area contributed by atoms with Gasteiger partial charge < -0.3 is 15.9 Å². The van der Waals surface area contributed by atoms with Gasteiger partial charge in [-0.1, -0.05) is 60.3 Å². The summed E-state index contributed by atoms with van der Waals surface area (Å²) in [6.45, 7) is 4.86. The number of benzene rings is 2. The molecule has 7 nitrogen and oxygen atoms in total. The zero-order valence-electron chi connectivity index (χ0n) is 17.8. The van der Waals surface area contributed by atoms with E-state index in [0.717, 1.165) is 29.7 Å². The predicted molar refractivity (Wildman–Crippen MR) is 122 cm³/mol. The van der Waals surface area contributed by atoms with Crippen LogP contribution >= 0.6 is 11.8 Å². The first-order valence-corrected chi connectivity index (χ1v) is 11.3. The van der Waals surface area contributed by atoms with Crippen molar-refractivity contribution >= 4 is 17.7 Å². The van der Waals surface area contributed by atoms with E-state index in [2.05, 4.69) is 27.6 Å². The molecule has 3 N–H and O–H groups in total. The molecule has 0 radical (unpaired) electrons. The maximum absolute atomic E-state index is 12.4. The van der Waals surface area contributed by atoms with Crippen molar-refractivity contribution in [1.29, 1.82) is 0 Å². The Labute approximate surface area is 186 Å². The van der Waals surface area contributed by atoms with E-state index < -0.39 is 0 Å². The second-order valence-electron chi connectivity index (χ2n) is 7.99. The summed E-state index contributed by atoms with van der Waals surface area (Å²) in [4.78, 5) is 12.4. The number of nitrogen functional groups attached to an aromatic ring is 1. The molecule has 2 aromatic carbocycles. The van der Waals surface area contributed by atoms with Crippen LogP contribution in [0.15, 0.2) is 53.7 Å². The molecule has 0 spiro atoms. The van der Waals surface area contributed by atoms with Gasteiger partial charge in [0.25, 0.3) is 0 Å². The Morgan fingerprint density at radius 3 is 2.52 bits per heavy atom. The van der Waals surface area contributed by atoms with E-state index in [1.165, 1.54) is 22.0 Å². The van der Waals surface area contributed by atoms with Crippen LogP contribution in [0.25, 0.3) is 0 Å². The summed E-state index contributed by atoms with van der Waals surface area (Å²) in [6, 6.07) is 16.4. The number of hydrogen-bond acceptors (Lipinski definition) is 6. The Morgan fingerprint density at radius 2 is 1.84 bits per heavy atom. The molecule has 3 aromatic rings. The third-order valence-electron chi connectivity index (χ3n) is 5.69. The van der Waals surface area contributed by atoms with E-state index in [1.54, 1.807) is 0 Å². The first-order chi connectivity index (χ1) is 15.0. The van der Waals surface area contributed by atoms with Crippen LogP contribution in [-0.4, -0.2) is 33.1 Å². The molecule has 1 heterocycles. The number of para-hydroxylation sites is 1. The Balaban J connectivity index is 1.27. The maximum atomic E-state index is 12.4. The topological polar surface area (TPSA) is 95.1 Å². The van der Waals surface area contributed by atoms with Gasteiger partial charge in [-0.05, 0) is 43.4 Å². The highest BCUT2D eigenvalue weighted by atomic mass is 32.2. The number of ether oxygens (including phenoxy) is 1. The van der Waals surface area contributed by atoms with Gasteiger partial charge >= 0.3 is 0 Å². The standard InChI is InChI=1S/C23H27N5O2S/c1-16-7-6-8-17(2)21(16)30-13-19-26-27-22(28(19)24)31-14-20(29)25-15-23(11-12-23)18-9-4-3-5-10-18/h3-10H,11-15,24H2,1-2H3,(H,25,29). The van der Waals surface area contributed by atoms with Crippen molar-refractivity contribution in [3.8, 4) is 5.75 Å². The number of carbonyl (C=O) groups excluding carboxylic acids is 1. The van der Waals surface area contributed by atoms with Crippen LogP contribution in [-0.2, 0) is 16.8 Å². The normalized spacial score (nSPS) is 14.3.